The molecule has 0 bridgehead atoms. The van der Waals surface area contributed by atoms with Crippen molar-refractivity contribution in [2.24, 2.45) is 0 Å². The zero-order valence-electron chi connectivity index (χ0n) is 39.2. The van der Waals surface area contributed by atoms with Crippen molar-refractivity contribution in [2.75, 3.05) is 9.80 Å². The topological polar surface area (TPSA) is 28.9 Å². The van der Waals surface area contributed by atoms with Crippen LogP contribution in [0.25, 0.3) is 76.9 Å². The van der Waals surface area contributed by atoms with Crippen LogP contribution < -0.4 is 19.7 Å². The lowest BCUT2D eigenvalue weighted by molar-refractivity contribution is 0.487. The Labute approximate surface area is 408 Å². The van der Waals surface area contributed by atoms with E-state index in [0.717, 1.165) is 101 Å². The van der Waals surface area contributed by atoms with Crippen molar-refractivity contribution in [3.63, 3.8) is 0 Å². The van der Waals surface area contributed by atoms with Gasteiger partial charge in [0, 0.05) is 50.0 Å². The van der Waals surface area contributed by atoms with Crippen molar-refractivity contribution in [3.05, 3.63) is 237 Å². The SMILES string of the molecule is C[Si](C)(C)c1ccc(N(c2ccccc2)c2ccc3cc4c5c(cccc5c3c2)Oc2cc(-c3ccc(N(c5ccccc5-c5ccccc5)c5cccc6c5oc5ccccc56)cc3)ccc2-4)cc1. The third-order valence-electron chi connectivity index (χ3n) is 14.0. The minimum atomic E-state index is -1.46. The van der Waals surface area contributed by atoms with Gasteiger partial charge in [0.05, 0.1) is 19.4 Å². The van der Waals surface area contributed by atoms with E-state index in [1.807, 2.05) is 12.1 Å². The van der Waals surface area contributed by atoms with Crippen LogP contribution >= 0.6 is 0 Å². The van der Waals surface area contributed by atoms with Crippen LogP contribution in [0.4, 0.5) is 34.1 Å². The van der Waals surface area contributed by atoms with Gasteiger partial charge in [-0.15, -0.1) is 0 Å². The van der Waals surface area contributed by atoms with Crippen LogP contribution in [-0.2, 0) is 0 Å². The third kappa shape index (κ3) is 7.05. The van der Waals surface area contributed by atoms with Gasteiger partial charge in [0.25, 0.3) is 0 Å². The Morgan fingerprint density at radius 1 is 0.357 bits per heavy atom. The highest BCUT2D eigenvalue weighted by molar-refractivity contribution is 6.88. The standard InChI is InChI=1S/C65H48N2O2Si/c1-70(2,3)51-37-35-48(36-38-51)66(47-18-8-5-9-19-47)50-34-30-46-40-58-54-39-31-45(41-63(54)68-62-27-15-22-55(64(58)62)57(46)42-50)43-28-32-49(33-29-43)67(59-24-12-10-20-52(59)44-16-6-4-7-17-44)60-25-14-23-56-53-21-11-13-26-61(53)69-65(56)60/h4-42H,1-3H3. The van der Waals surface area contributed by atoms with E-state index in [9.17, 15) is 0 Å². The molecule has 5 heteroatoms. The number of hydrogen-bond donors (Lipinski definition) is 0. The molecule has 12 aromatic rings. The summed E-state index contributed by atoms with van der Waals surface area (Å²) in [4.78, 5) is 4.70. The summed E-state index contributed by atoms with van der Waals surface area (Å²) in [5, 5.41) is 8.34. The van der Waals surface area contributed by atoms with E-state index in [4.69, 9.17) is 9.15 Å². The molecule has 0 unspecified atom stereocenters. The number of anilines is 6. The molecule has 0 N–H and O–H groups in total. The Hall–Kier alpha value is -8.64. The number of nitrogens with zero attached hydrogens (tertiary/aromatic N) is 2. The molecule has 4 nitrogen and oxygen atoms in total. The minimum absolute atomic E-state index is 0.850. The molecule has 13 rings (SSSR count). The molecule has 0 radical (unpaired) electrons. The molecule has 1 aromatic heterocycles. The van der Waals surface area contributed by atoms with Crippen molar-refractivity contribution in [3.8, 4) is 44.9 Å². The summed E-state index contributed by atoms with van der Waals surface area (Å²) < 4.78 is 13.6. The first-order valence-electron chi connectivity index (χ1n) is 24.1. The Bertz CT molecular complexity index is 3950. The van der Waals surface area contributed by atoms with Gasteiger partial charge in [-0.3, -0.25) is 0 Å². The number of benzene rings is 11. The zero-order valence-corrected chi connectivity index (χ0v) is 40.2. The first-order chi connectivity index (χ1) is 34.3. The maximum absolute atomic E-state index is 6.89. The summed E-state index contributed by atoms with van der Waals surface area (Å²) in [6, 6.07) is 85.1. The molecular formula is C65H48N2O2Si. The largest absolute Gasteiger partial charge is 0.456 e. The number of ether oxygens (including phenoxy) is 1. The molecule has 334 valence electrons. The van der Waals surface area contributed by atoms with Gasteiger partial charge in [-0.05, 0) is 129 Å². The second-order valence-electron chi connectivity index (χ2n) is 19.3. The average molecular weight is 917 g/mol. The van der Waals surface area contributed by atoms with E-state index < -0.39 is 8.07 Å². The molecule has 0 saturated heterocycles. The second-order valence-corrected chi connectivity index (χ2v) is 24.4. The van der Waals surface area contributed by atoms with Crippen LogP contribution in [0.5, 0.6) is 11.5 Å². The van der Waals surface area contributed by atoms with Gasteiger partial charge in [0.1, 0.15) is 17.1 Å². The normalized spacial score (nSPS) is 12.0. The van der Waals surface area contributed by atoms with Gasteiger partial charge in [0.15, 0.2) is 5.58 Å². The second kappa shape index (κ2) is 16.5. The molecule has 0 saturated carbocycles. The first kappa shape index (κ1) is 41.5. The Morgan fingerprint density at radius 3 is 1.80 bits per heavy atom. The summed E-state index contributed by atoms with van der Waals surface area (Å²) in [5.74, 6) is 1.72. The van der Waals surface area contributed by atoms with Crippen LogP contribution in [0.3, 0.4) is 0 Å². The zero-order chi connectivity index (χ0) is 46.9. The van der Waals surface area contributed by atoms with Crippen LogP contribution in [0, 0.1) is 0 Å². The quantitative estimate of drug-likeness (QED) is 0.107. The highest BCUT2D eigenvalue weighted by atomic mass is 28.3. The number of rotatable bonds is 9. The smallest absolute Gasteiger partial charge is 0.159 e. The molecule has 0 fully saturated rings. The maximum atomic E-state index is 6.89. The summed E-state index contributed by atoms with van der Waals surface area (Å²) in [7, 11) is -1.46. The first-order valence-corrected chi connectivity index (χ1v) is 27.6. The van der Waals surface area contributed by atoms with E-state index in [1.165, 1.54) is 26.9 Å². The van der Waals surface area contributed by atoms with Gasteiger partial charge >= 0.3 is 0 Å². The van der Waals surface area contributed by atoms with E-state index in [1.54, 1.807) is 0 Å². The minimum Gasteiger partial charge on any atom is -0.456 e. The molecule has 1 aliphatic heterocycles. The van der Waals surface area contributed by atoms with Crippen LogP contribution in [-0.4, -0.2) is 8.07 Å². The average Bonchev–Trinajstić information content (AvgIpc) is 3.79. The Morgan fingerprint density at radius 2 is 0.986 bits per heavy atom. The fraction of sp³-hybridized carbons (Fsp3) is 0.0462. The van der Waals surface area contributed by atoms with Gasteiger partial charge in [-0.1, -0.05) is 170 Å². The van der Waals surface area contributed by atoms with E-state index in [0.29, 0.717) is 0 Å². The van der Waals surface area contributed by atoms with Crippen molar-refractivity contribution in [2.45, 2.75) is 19.6 Å². The molecule has 0 aliphatic carbocycles. The Balaban J connectivity index is 0.881. The van der Waals surface area contributed by atoms with Gasteiger partial charge in [-0.2, -0.15) is 0 Å². The monoisotopic (exact) mass is 916 g/mol. The predicted molar refractivity (Wildman–Crippen MR) is 297 cm³/mol. The van der Waals surface area contributed by atoms with Crippen molar-refractivity contribution in [1.29, 1.82) is 0 Å². The number of furan rings is 1. The molecule has 70 heavy (non-hydrogen) atoms. The molecular weight excluding hydrogens is 869 g/mol. The highest BCUT2D eigenvalue weighted by Gasteiger charge is 2.25. The predicted octanol–water partition coefficient (Wildman–Crippen LogP) is 18.5. The third-order valence-corrected chi connectivity index (χ3v) is 16.1. The molecule has 1 aliphatic rings. The number of hydrogen-bond acceptors (Lipinski definition) is 4. The van der Waals surface area contributed by atoms with Crippen molar-refractivity contribution < 1.29 is 9.15 Å². The Kier molecular flexibility index (Phi) is 9.82. The number of fused-ring (bicyclic) bond motifs is 7. The molecule has 0 amide bonds. The molecule has 0 spiro atoms. The van der Waals surface area contributed by atoms with E-state index in [-0.39, 0.29) is 0 Å². The van der Waals surface area contributed by atoms with E-state index in [2.05, 4.69) is 254 Å². The van der Waals surface area contributed by atoms with E-state index >= 15 is 0 Å². The lowest BCUT2D eigenvalue weighted by Gasteiger charge is -2.28. The molecule has 2 heterocycles. The lowest BCUT2D eigenvalue weighted by Crippen LogP contribution is -2.37. The fourth-order valence-corrected chi connectivity index (χ4v) is 11.7. The van der Waals surface area contributed by atoms with Crippen LogP contribution in [0.1, 0.15) is 0 Å². The summed E-state index contributed by atoms with van der Waals surface area (Å²) >= 11 is 0. The van der Waals surface area contributed by atoms with Gasteiger partial charge in [0.2, 0.25) is 0 Å². The van der Waals surface area contributed by atoms with Crippen LogP contribution in [0.2, 0.25) is 19.6 Å². The van der Waals surface area contributed by atoms with Crippen molar-refractivity contribution >= 4 is 90.9 Å². The van der Waals surface area contributed by atoms with Gasteiger partial charge < -0.3 is 19.0 Å². The van der Waals surface area contributed by atoms with Gasteiger partial charge in [-0.25, -0.2) is 0 Å². The molecule has 0 atom stereocenters. The lowest BCUT2D eigenvalue weighted by atomic mass is 9.89. The fourth-order valence-electron chi connectivity index (χ4n) is 10.5. The summed E-state index contributed by atoms with van der Waals surface area (Å²) in [6.07, 6.45) is 0. The highest BCUT2D eigenvalue weighted by Crippen LogP contribution is 2.51. The summed E-state index contributed by atoms with van der Waals surface area (Å²) in [5.41, 5.74) is 14.9. The number of para-hydroxylation sites is 4. The molecule has 11 aromatic carbocycles. The van der Waals surface area contributed by atoms with Crippen molar-refractivity contribution in [1.82, 2.24) is 0 Å². The maximum Gasteiger partial charge on any atom is 0.159 e. The summed E-state index contributed by atoms with van der Waals surface area (Å²) in [6.45, 7) is 7.20. The van der Waals surface area contributed by atoms with Crippen LogP contribution in [0.15, 0.2) is 241 Å².